The van der Waals surface area contributed by atoms with Crippen LogP contribution in [-0.2, 0) is 22.7 Å². The number of halogens is 2. The molecule has 1 saturated heterocycles. The molecule has 3 aromatic carbocycles. The van der Waals surface area contributed by atoms with Crippen LogP contribution in [0.2, 0.25) is 0 Å². The minimum Gasteiger partial charge on any atom is -0.444 e. The number of urea groups is 1. The van der Waals surface area contributed by atoms with Crippen LogP contribution in [0.5, 0.6) is 0 Å². The molecule has 0 aliphatic carbocycles. The van der Waals surface area contributed by atoms with Crippen molar-refractivity contribution < 1.29 is 32.6 Å². The molecular weight excluding hydrogens is 596 g/mol. The third-order valence-corrected chi connectivity index (χ3v) is 7.06. The SMILES string of the molecule is CC(C)(C)OC(=O)Nc1ccccc1NC(=O)c1ccc(CN(CCCN2CCOCC2)C(=O)Nc2cc(F)cc(CF)c2)cc1. The molecule has 1 fully saturated rings. The monoisotopic (exact) mass is 637 g/mol. The quantitative estimate of drug-likeness (QED) is 0.217. The first-order valence-corrected chi connectivity index (χ1v) is 15.2. The van der Waals surface area contributed by atoms with Crippen LogP contribution >= 0.6 is 0 Å². The van der Waals surface area contributed by atoms with E-state index in [2.05, 4.69) is 20.9 Å². The molecule has 10 nitrogen and oxygen atoms in total. The smallest absolute Gasteiger partial charge is 0.412 e. The summed E-state index contributed by atoms with van der Waals surface area (Å²) in [6, 6.07) is 16.8. The Kier molecular flexibility index (Phi) is 12.0. The average molecular weight is 638 g/mol. The lowest BCUT2D eigenvalue weighted by atomic mass is 10.1. The Labute approximate surface area is 268 Å². The largest absolute Gasteiger partial charge is 0.444 e. The molecule has 0 saturated carbocycles. The van der Waals surface area contributed by atoms with Gasteiger partial charge in [-0.2, -0.15) is 0 Å². The van der Waals surface area contributed by atoms with E-state index in [0.29, 0.717) is 43.1 Å². The number of rotatable bonds is 11. The number of nitrogens with one attached hydrogen (secondary N) is 3. The number of benzene rings is 3. The first-order chi connectivity index (χ1) is 22.0. The highest BCUT2D eigenvalue weighted by atomic mass is 19.1. The lowest BCUT2D eigenvalue weighted by Gasteiger charge is -2.28. The summed E-state index contributed by atoms with van der Waals surface area (Å²) in [5, 5.41) is 8.18. The Balaban J connectivity index is 1.42. The third-order valence-electron chi connectivity index (χ3n) is 7.06. The third kappa shape index (κ3) is 10.8. The minimum absolute atomic E-state index is 0.131. The number of hydrogen-bond acceptors (Lipinski definition) is 6. The topological polar surface area (TPSA) is 112 Å². The van der Waals surface area contributed by atoms with Gasteiger partial charge in [0.1, 0.15) is 18.1 Å². The number of alkyl halides is 1. The van der Waals surface area contributed by atoms with Crippen molar-refractivity contribution in [1.82, 2.24) is 9.80 Å². The van der Waals surface area contributed by atoms with Crippen molar-refractivity contribution in [3.8, 4) is 0 Å². The maximum absolute atomic E-state index is 14.0. The molecule has 0 radical (unpaired) electrons. The van der Waals surface area contributed by atoms with Gasteiger partial charge >= 0.3 is 12.1 Å². The van der Waals surface area contributed by atoms with Crippen molar-refractivity contribution in [3.63, 3.8) is 0 Å². The van der Waals surface area contributed by atoms with E-state index in [1.807, 2.05) is 0 Å². The number of morpholine rings is 1. The summed E-state index contributed by atoms with van der Waals surface area (Å²) in [4.78, 5) is 42.6. The van der Waals surface area contributed by atoms with E-state index in [0.717, 1.165) is 37.3 Å². The molecule has 4 rings (SSSR count). The number of nitrogens with zero attached hydrogens (tertiary/aromatic N) is 2. The molecule has 1 heterocycles. The van der Waals surface area contributed by atoms with Gasteiger partial charge in [0, 0.05) is 44.0 Å². The van der Waals surface area contributed by atoms with E-state index in [-0.39, 0.29) is 23.7 Å². The molecule has 12 heteroatoms. The summed E-state index contributed by atoms with van der Waals surface area (Å²) in [5.41, 5.74) is 1.56. The number of para-hydroxylation sites is 2. The lowest BCUT2D eigenvalue weighted by Crippen LogP contribution is -2.40. The van der Waals surface area contributed by atoms with Crippen LogP contribution in [0.1, 0.15) is 48.7 Å². The van der Waals surface area contributed by atoms with Gasteiger partial charge in [0.15, 0.2) is 0 Å². The maximum atomic E-state index is 14.0. The highest BCUT2D eigenvalue weighted by Crippen LogP contribution is 2.23. The number of carbonyl (C=O) groups excluding carboxylic acids is 3. The maximum Gasteiger partial charge on any atom is 0.412 e. The van der Waals surface area contributed by atoms with E-state index in [1.54, 1.807) is 74.2 Å². The molecular formula is C34H41F2N5O5. The first kappa shape index (κ1) is 34.3. The van der Waals surface area contributed by atoms with Gasteiger partial charge < -0.3 is 25.0 Å². The Bertz CT molecular complexity index is 1490. The summed E-state index contributed by atoms with van der Waals surface area (Å²) >= 11 is 0. The number of anilines is 3. The van der Waals surface area contributed by atoms with E-state index in [4.69, 9.17) is 9.47 Å². The molecule has 246 valence electrons. The van der Waals surface area contributed by atoms with E-state index in [1.165, 1.54) is 6.07 Å². The van der Waals surface area contributed by atoms with Crippen LogP contribution < -0.4 is 16.0 Å². The molecule has 1 aliphatic rings. The van der Waals surface area contributed by atoms with Gasteiger partial charge in [-0.15, -0.1) is 0 Å². The van der Waals surface area contributed by atoms with Crippen molar-refractivity contribution in [2.75, 3.05) is 55.3 Å². The second-order valence-electron chi connectivity index (χ2n) is 12.0. The zero-order valence-corrected chi connectivity index (χ0v) is 26.4. The van der Waals surface area contributed by atoms with Gasteiger partial charge in [-0.3, -0.25) is 15.0 Å². The second kappa shape index (κ2) is 16.1. The molecule has 0 bridgehead atoms. The molecule has 0 atom stereocenters. The summed E-state index contributed by atoms with van der Waals surface area (Å²) in [6.45, 7) is 8.85. The fourth-order valence-corrected chi connectivity index (χ4v) is 4.86. The van der Waals surface area contributed by atoms with Gasteiger partial charge in [0.2, 0.25) is 0 Å². The predicted octanol–water partition coefficient (Wildman–Crippen LogP) is 6.65. The summed E-state index contributed by atoms with van der Waals surface area (Å²) in [6.07, 6.45) is 0.0566. The van der Waals surface area contributed by atoms with Crippen molar-refractivity contribution in [3.05, 3.63) is 89.2 Å². The Morgan fingerprint density at radius 2 is 1.59 bits per heavy atom. The van der Waals surface area contributed by atoms with E-state index < -0.39 is 30.2 Å². The summed E-state index contributed by atoms with van der Waals surface area (Å²) in [7, 11) is 0. The number of ether oxygens (including phenoxy) is 2. The van der Waals surface area contributed by atoms with E-state index in [9.17, 15) is 23.2 Å². The molecule has 0 spiro atoms. The fourth-order valence-electron chi connectivity index (χ4n) is 4.86. The zero-order valence-electron chi connectivity index (χ0n) is 26.4. The fraction of sp³-hybridized carbons (Fsp3) is 0.382. The molecule has 1 aliphatic heterocycles. The van der Waals surface area contributed by atoms with Crippen LogP contribution in [0, 0.1) is 5.82 Å². The first-order valence-electron chi connectivity index (χ1n) is 15.2. The normalized spacial score (nSPS) is 13.5. The molecule has 46 heavy (non-hydrogen) atoms. The Morgan fingerprint density at radius 3 is 2.24 bits per heavy atom. The van der Waals surface area contributed by atoms with Crippen molar-refractivity contribution in [1.29, 1.82) is 0 Å². The molecule has 3 N–H and O–H groups in total. The minimum atomic E-state index is -0.852. The standard InChI is InChI=1S/C34H41F2N5O5/c1-34(2,3)46-33(44)39-30-8-5-4-7-29(30)38-31(42)26-11-9-24(10-12-26)23-41(14-6-13-40-15-17-45-18-16-40)32(43)37-28-20-25(22-35)19-27(36)21-28/h4-5,7-12,19-21H,6,13-18,22-23H2,1-3H3,(H,37,43)(H,38,42)(H,39,44). The Hall–Kier alpha value is -4.55. The van der Waals surface area contributed by atoms with Gasteiger partial charge in [0.05, 0.1) is 24.6 Å². The van der Waals surface area contributed by atoms with Crippen LogP contribution in [0.4, 0.5) is 35.4 Å². The van der Waals surface area contributed by atoms with Crippen molar-refractivity contribution in [2.45, 2.75) is 46.0 Å². The zero-order chi connectivity index (χ0) is 33.1. The van der Waals surface area contributed by atoms with Crippen LogP contribution in [0.15, 0.2) is 66.7 Å². The number of carbonyl (C=O) groups is 3. The highest BCUT2D eigenvalue weighted by molar-refractivity contribution is 6.06. The summed E-state index contributed by atoms with van der Waals surface area (Å²) < 4.78 is 37.9. The highest BCUT2D eigenvalue weighted by Gasteiger charge is 2.19. The van der Waals surface area contributed by atoms with Crippen LogP contribution in [-0.4, -0.2) is 72.8 Å². The van der Waals surface area contributed by atoms with Gasteiger partial charge in [-0.25, -0.2) is 18.4 Å². The van der Waals surface area contributed by atoms with Crippen molar-refractivity contribution >= 4 is 35.1 Å². The van der Waals surface area contributed by atoms with Crippen LogP contribution in [0.25, 0.3) is 0 Å². The van der Waals surface area contributed by atoms with Crippen molar-refractivity contribution in [2.24, 2.45) is 0 Å². The predicted molar refractivity (Wildman–Crippen MR) is 173 cm³/mol. The number of amides is 4. The van der Waals surface area contributed by atoms with Gasteiger partial charge in [0.25, 0.3) is 5.91 Å². The Morgan fingerprint density at radius 1 is 0.913 bits per heavy atom. The summed E-state index contributed by atoms with van der Waals surface area (Å²) in [5.74, 6) is -1.03. The molecule has 0 unspecified atom stereocenters. The lowest BCUT2D eigenvalue weighted by molar-refractivity contribution is 0.0365. The van der Waals surface area contributed by atoms with Gasteiger partial charge in [-0.05, 0) is 80.8 Å². The van der Waals surface area contributed by atoms with E-state index >= 15 is 0 Å². The average Bonchev–Trinajstić information content (AvgIpc) is 3.01. The van der Waals surface area contributed by atoms with Crippen LogP contribution in [0.3, 0.4) is 0 Å². The second-order valence-corrected chi connectivity index (χ2v) is 12.0. The number of hydrogen-bond donors (Lipinski definition) is 3. The molecule has 3 aromatic rings. The molecule has 0 aromatic heterocycles. The van der Waals surface area contributed by atoms with Gasteiger partial charge in [-0.1, -0.05) is 24.3 Å². The molecule has 4 amide bonds.